The van der Waals surface area contributed by atoms with Crippen molar-refractivity contribution < 1.29 is 32.2 Å². The summed E-state index contributed by atoms with van der Waals surface area (Å²) >= 11 is 0. The number of nitrogens with one attached hydrogen (secondary N) is 1. The first-order valence-electron chi connectivity index (χ1n) is 7.24. The van der Waals surface area contributed by atoms with E-state index in [1.165, 1.54) is 20.3 Å². The number of carbonyl (C=O) groups is 2. The van der Waals surface area contributed by atoms with E-state index in [4.69, 9.17) is 14.2 Å². The molecule has 1 aliphatic heterocycles. The van der Waals surface area contributed by atoms with Gasteiger partial charge in [-0.2, -0.15) is 0 Å². The molecule has 132 valence electrons. The fraction of sp³-hybridized carbons (Fsp3) is 0.467. The highest BCUT2D eigenvalue weighted by molar-refractivity contribution is 7.91. The summed E-state index contributed by atoms with van der Waals surface area (Å²) in [5, 5.41) is 2.54. The Balaban J connectivity index is 1.92. The summed E-state index contributed by atoms with van der Waals surface area (Å²) in [6.45, 7) is -0.504. The Bertz CT molecular complexity index is 729. The van der Waals surface area contributed by atoms with Crippen molar-refractivity contribution in [3.05, 3.63) is 23.8 Å². The third-order valence-electron chi connectivity index (χ3n) is 3.55. The molecule has 0 bridgehead atoms. The van der Waals surface area contributed by atoms with Crippen LogP contribution in [0.4, 0.5) is 0 Å². The average Bonchev–Trinajstić information content (AvgIpc) is 2.90. The van der Waals surface area contributed by atoms with E-state index in [-0.39, 0.29) is 22.8 Å². The number of rotatable bonds is 6. The number of hydrogen-bond donors (Lipinski definition) is 1. The number of ether oxygens (including phenoxy) is 3. The van der Waals surface area contributed by atoms with E-state index in [9.17, 15) is 18.0 Å². The molecule has 1 N–H and O–H groups in total. The molecule has 1 aliphatic rings. The van der Waals surface area contributed by atoms with Crippen LogP contribution in [0.25, 0.3) is 0 Å². The Morgan fingerprint density at radius 3 is 2.58 bits per heavy atom. The summed E-state index contributed by atoms with van der Waals surface area (Å²) in [7, 11) is -0.254. The molecule has 1 heterocycles. The second-order valence-corrected chi connectivity index (χ2v) is 7.51. The van der Waals surface area contributed by atoms with Crippen molar-refractivity contribution in [2.75, 3.05) is 32.3 Å². The highest BCUT2D eigenvalue weighted by Gasteiger charge is 2.29. The number of para-hydroxylation sites is 1. The number of hydrogen-bond acceptors (Lipinski definition) is 7. The maximum absolute atomic E-state index is 12.1. The van der Waals surface area contributed by atoms with Gasteiger partial charge in [-0.05, 0) is 18.6 Å². The first-order valence-corrected chi connectivity index (χ1v) is 9.06. The van der Waals surface area contributed by atoms with E-state index in [2.05, 4.69) is 5.32 Å². The molecule has 9 heteroatoms. The lowest BCUT2D eigenvalue weighted by atomic mass is 10.2. The van der Waals surface area contributed by atoms with Gasteiger partial charge in [-0.15, -0.1) is 0 Å². The molecule has 0 saturated carbocycles. The summed E-state index contributed by atoms with van der Waals surface area (Å²) in [5.74, 6) is -0.734. The van der Waals surface area contributed by atoms with Gasteiger partial charge < -0.3 is 19.5 Å². The fourth-order valence-electron chi connectivity index (χ4n) is 2.43. The minimum absolute atomic E-state index is 0.0543. The number of methoxy groups -OCH3 is 2. The molecule has 1 amide bonds. The van der Waals surface area contributed by atoms with Gasteiger partial charge in [-0.25, -0.2) is 13.2 Å². The van der Waals surface area contributed by atoms with Gasteiger partial charge in [0.1, 0.15) is 5.56 Å². The molecule has 8 nitrogen and oxygen atoms in total. The highest BCUT2D eigenvalue weighted by Crippen LogP contribution is 2.31. The van der Waals surface area contributed by atoms with Crippen molar-refractivity contribution in [1.29, 1.82) is 0 Å². The van der Waals surface area contributed by atoms with Crippen molar-refractivity contribution >= 4 is 21.7 Å². The van der Waals surface area contributed by atoms with Crippen LogP contribution in [0.15, 0.2) is 18.2 Å². The lowest BCUT2D eigenvalue weighted by Gasteiger charge is -2.13. The molecule has 24 heavy (non-hydrogen) atoms. The Morgan fingerprint density at radius 2 is 2.00 bits per heavy atom. The molecule has 0 spiro atoms. The number of carbonyl (C=O) groups excluding carboxylic acids is 2. The third-order valence-corrected chi connectivity index (χ3v) is 5.32. The molecule has 2 rings (SSSR count). The number of sulfone groups is 1. The Labute approximate surface area is 140 Å². The lowest BCUT2D eigenvalue weighted by Crippen LogP contribution is -2.38. The Kier molecular flexibility index (Phi) is 5.66. The second kappa shape index (κ2) is 7.52. The van der Waals surface area contributed by atoms with Gasteiger partial charge in [-0.1, -0.05) is 6.07 Å². The maximum Gasteiger partial charge on any atom is 0.342 e. The summed E-state index contributed by atoms with van der Waals surface area (Å²) in [4.78, 5) is 23.9. The summed E-state index contributed by atoms with van der Waals surface area (Å²) in [6, 6.07) is 4.28. The van der Waals surface area contributed by atoms with Crippen molar-refractivity contribution in [1.82, 2.24) is 5.32 Å². The van der Waals surface area contributed by atoms with E-state index in [0.29, 0.717) is 12.2 Å². The molecule has 1 fully saturated rings. The average molecular weight is 357 g/mol. The zero-order valence-electron chi connectivity index (χ0n) is 13.4. The van der Waals surface area contributed by atoms with Crippen molar-refractivity contribution in [3.8, 4) is 11.5 Å². The monoisotopic (exact) mass is 357 g/mol. The van der Waals surface area contributed by atoms with Crippen LogP contribution >= 0.6 is 0 Å². The van der Waals surface area contributed by atoms with Crippen LogP contribution in [-0.4, -0.2) is 58.7 Å². The van der Waals surface area contributed by atoms with Crippen LogP contribution in [0.5, 0.6) is 11.5 Å². The van der Waals surface area contributed by atoms with Crippen LogP contribution < -0.4 is 14.8 Å². The van der Waals surface area contributed by atoms with Crippen molar-refractivity contribution in [3.63, 3.8) is 0 Å². The van der Waals surface area contributed by atoms with Crippen LogP contribution in [0, 0.1) is 0 Å². The van der Waals surface area contributed by atoms with E-state index in [0.717, 1.165) is 0 Å². The van der Waals surface area contributed by atoms with E-state index in [1.807, 2.05) is 0 Å². The molecular weight excluding hydrogens is 338 g/mol. The van der Waals surface area contributed by atoms with Gasteiger partial charge in [0, 0.05) is 6.04 Å². The van der Waals surface area contributed by atoms with Gasteiger partial charge in [0.2, 0.25) is 0 Å². The molecule has 1 aromatic carbocycles. The predicted molar refractivity (Wildman–Crippen MR) is 85.0 cm³/mol. The van der Waals surface area contributed by atoms with Crippen LogP contribution in [0.3, 0.4) is 0 Å². The van der Waals surface area contributed by atoms with Gasteiger partial charge in [0.15, 0.2) is 27.9 Å². The minimum atomic E-state index is -3.08. The number of benzene rings is 1. The van der Waals surface area contributed by atoms with E-state index >= 15 is 0 Å². The van der Waals surface area contributed by atoms with Gasteiger partial charge in [0.05, 0.1) is 25.7 Å². The highest BCUT2D eigenvalue weighted by atomic mass is 32.2. The SMILES string of the molecule is COc1cccc(C(=O)OCC(=O)N[C@H]2CCS(=O)(=O)C2)c1OC. The first-order chi connectivity index (χ1) is 11.4. The molecule has 0 aliphatic carbocycles. The maximum atomic E-state index is 12.1. The van der Waals surface area contributed by atoms with Crippen LogP contribution in [-0.2, 0) is 19.4 Å². The van der Waals surface area contributed by atoms with Crippen LogP contribution in [0.1, 0.15) is 16.8 Å². The Hall–Kier alpha value is -2.29. The zero-order valence-corrected chi connectivity index (χ0v) is 14.2. The van der Waals surface area contributed by atoms with Gasteiger partial charge >= 0.3 is 5.97 Å². The summed E-state index contributed by atoms with van der Waals surface area (Å²) in [5.41, 5.74) is 0.132. The smallest absolute Gasteiger partial charge is 0.342 e. The molecular formula is C15H19NO7S. The predicted octanol–water partition coefficient (Wildman–Crippen LogP) is 0.164. The van der Waals surface area contributed by atoms with Crippen LogP contribution in [0.2, 0.25) is 0 Å². The third kappa shape index (κ3) is 4.38. The van der Waals surface area contributed by atoms with Gasteiger partial charge in [-0.3, -0.25) is 4.79 Å². The second-order valence-electron chi connectivity index (χ2n) is 5.28. The quantitative estimate of drug-likeness (QED) is 0.723. The molecule has 1 saturated heterocycles. The van der Waals surface area contributed by atoms with E-state index < -0.39 is 34.4 Å². The first kappa shape index (κ1) is 18.1. The van der Waals surface area contributed by atoms with Crippen molar-refractivity contribution in [2.24, 2.45) is 0 Å². The largest absolute Gasteiger partial charge is 0.493 e. The summed E-state index contributed by atoms with van der Waals surface area (Å²) in [6.07, 6.45) is 0.367. The molecule has 0 aromatic heterocycles. The lowest BCUT2D eigenvalue weighted by molar-refractivity contribution is -0.124. The van der Waals surface area contributed by atoms with Crippen molar-refractivity contribution in [2.45, 2.75) is 12.5 Å². The van der Waals surface area contributed by atoms with Gasteiger partial charge in [0.25, 0.3) is 5.91 Å². The molecule has 0 radical (unpaired) electrons. The minimum Gasteiger partial charge on any atom is -0.493 e. The normalized spacial score (nSPS) is 18.7. The molecule has 0 unspecified atom stereocenters. The number of amides is 1. The Morgan fingerprint density at radius 1 is 1.25 bits per heavy atom. The topological polar surface area (TPSA) is 108 Å². The summed E-state index contributed by atoms with van der Waals surface area (Å²) < 4.78 is 37.9. The standard InChI is InChI=1S/C15H19NO7S/c1-21-12-5-3-4-11(14(12)22-2)15(18)23-8-13(17)16-10-6-7-24(19,20)9-10/h3-5,10H,6-9H2,1-2H3,(H,16,17)/t10-/m0/s1. The fourth-order valence-corrected chi connectivity index (χ4v) is 4.11. The number of esters is 1. The molecule has 1 atom stereocenters. The zero-order chi connectivity index (χ0) is 17.7. The molecule has 1 aromatic rings. The van der Waals surface area contributed by atoms with E-state index in [1.54, 1.807) is 12.1 Å².